The van der Waals surface area contributed by atoms with E-state index in [1.54, 1.807) is 24.3 Å². The fourth-order valence-electron chi connectivity index (χ4n) is 2.19. The van der Waals surface area contributed by atoms with Gasteiger partial charge >= 0.3 is 0 Å². The van der Waals surface area contributed by atoms with Crippen molar-refractivity contribution in [1.29, 1.82) is 0 Å². The van der Waals surface area contributed by atoms with Crippen molar-refractivity contribution in [2.45, 2.75) is 12.5 Å². The summed E-state index contributed by atoms with van der Waals surface area (Å²) in [6.45, 7) is -1.14. The first-order valence-corrected chi connectivity index (χ1v) is 6.68. The number of nitrogens with zero attached hydrogens (tertiary/aromatic N) is 1. The number of methoxy groups -OCH3 is 1. The first-order valence-electron chi connectivity index (χ1n) is 6.68. The van der Waals surface area contributed by atoms with Gasteiger partial charge in [0, 0.05) is 11.0 Å². The summed E-state index contributed by atoms with van der Waals surface area (Å²) in [5.41, 5.74) is -0.298. The van der Waals surface area contributed by atoms with Crippen LogP contribution in [-0.4, -0.2) is 28.8 Å². The lowest BCUT2D eigenvalue weighted by atomic mass is 9.95. The summed E-state index contributed by atoms with van der Waals surface area (Å²) < 4.78 is 10.3. The van der Waals surface area contributed by atoms with Crippen LogP contribution < -0.4 is 10.2 Å². The summed E-state index contributed by atoms with van der Waals surface area (Å²) in [5.74, 6) is -1.45. The molecular weight excluding hydrogens is 306 g/mol. The second-order valence-electron chi connectivity index (χ2n) is 4.79. The fourth-order valence-corrected chi connectivity index (χ4v) is 2.19. The van der Waals surface area contributed by atoms with Crippen molar-refractivity contribution >= 4 is 0 Å². The maximum absolute atomic E-state index is 11.7. The van der Waals surface area contributed by atoms with E-state index in [9.17, 15) is 20.0 Å². The fraction of sp³-hybridized carbons (Fsp3) is 0.267. The predicted octanol–water partition coefficient (Wildman–Crippen LogP) is 1.25. The zero-order chi connectivity index (χ0) is 17.0. The quantitative estimate of drug-likeness (QED) is 0.606. The van der Waals surface area contributed by atoms with E-state index in [0.29, 0.717) is 11.3 Å². The highest BCUT2D eigenvalue weighted by Crippen LogP contribution is 2.31. The van der Waals surface area contributed by atoms with Gasteiger partial charge in [-0.3, -0.25) is 14.9 Å². The van der Waals surface area contributed by atoms with Crippen LogP contribution in [0.4, 0.5) is 0 Å². The second-order valence-corrected chi connectivity index (χ2v) is 4.79. The standard InChI is InChI=1S/C15H15NO7/c1-22-10-4-2-9(3-5-10)12(7-16(20)21)15-14(19)13(18)6-11(8-17)23-15/h2-6,12,17,19H,7-8H2,1H3. The molecule has 8 nitrogen and oxygen atoms in total. The van der Waals surface area contributed by atoms with Crippen molar-refractivity contribution in [1.82, 2.24) is 0 Å². The molecular formula is C15H15NO7. The molecule has 0 aliphatic rings. The number of hydrogen-bond donors (Lipinski definition) is 2. The number of nitro groups is 1. The van der Waals surface area contributed by atoms with Gasteiger partial charge < -0.3 is 19.4 Å². The minimum Gasteiger partial charge on any atom is -0.502 e. The zero-order valence-electron chi connectivity index (χ0n) is 12.3. The highest BCUT2D eigenvalue weighted by Gasteiger charge is 2.28. The molecule has 0 bridgehead atoms. The SMILES string of the molecule is COc1ccc(C(C[N+](=O)[O-])c2oc(CO)cc(=O)c2O)cc1. The van der Waals surface area contributed by atoms with Gasteiger partial charge in [0.15, 0.2) is 5.76 Å². The molecule has 2 N–H and O–H groups in total. The normalized spacial score (nSPS) is 11.9. The molecule has 2 rings (SSSR count). The Morgan fingerprint density at radius 1 is 1.35 bits per heavy atom. The Balaban J connectivity index is 2.56. The van der Waals surface area contributed by atoms with E-state index in [-0.39, 0.29) is 11.5 Å². The molecule has 0 spiro atoms. The molecule has 23 heavy (non-hydrogen) atoms. The summed E-state index contributed by atoms with van der Waals surface area (Å²) in [6, 6.07) is 7.31. The van der Waals surface area contributed by atoms with Crippen molar-refractivity contribution in [3.8, 4) is 11.5 Å². The smallest absolute Gasteiger partial charge is 0.227 e. The first kappa shape index (κ1) is 16.5. The van der Waals surface area contributed by atoms with E-state index < -0.39 is 35.2 Å². The number of aliphatic hydroxyl groups excluding tert-OH is 1. The monoisotopic (exact) mass is 321 g/mol. The highest BCUT2D eigenvalue weighted by atomic mass is 16.6. The number of ether oxygens (including phenoxy) is 1. The maximum atomic E-state index is 11.7. The molecule has 0 saturated carbocycles. The third-order valence-corrected chi connectivity index (χ3v) is 3.32. The highest BCUT2D eigenvalue weighted by molar-refractivity contribution is 5.38. The topological polar surface area (TPSA) is 123 Å². The van der Waals surface area contributed by atoms with Crippen LogP contribution in [0.2, 0.25) is 0 Å². The first-order chi connectivity index (χ1) is 11.0. The van der Waals surface area contributed by atoms with Crippen LogP contribution in [0, 0.1) is 10.1 Å². The van der Waals surface area contributed by atoms with Gasteiger partial charge in [0.05, 0.1) is 7.11 Å². The average Bonchev–Trinajstić information content (AvgIpc) is 2.55. The summed E-state index contributed by atoms with van der Waals surface area (Å²) in [4.78, 5) is 22.1. The van der Waals surface area contributed by atoms with Crippen LogP contribution in [0.5, 0.6) is 11.5 Å². The molecule has 8 heteroatoms. The van der Waals surface area contributed by atoms with Gasteiger partial charge in [-0.1, -0.05) is 12.1 Å². The van der Waals surface area contributed by atoms with Crippen LogP contribution in [0.15, 0.2) is 39.5 Å². The minimum atomic E-state index is -0.977. The molecule has 1 heterocycles. The number of aromatic hydroxyl groups is 1. The Hall–Kier alpha value is -2.87. The molecule has 1 aromatic heterocycles. The largest absolute Gasteiger partial charge is 0.502 e. The van der Waals surface area contributed by atoms with Crippen molar-refractivity contribution < 1.29 is 24.3 Å². The average molecular weight is 321 g/mol. The van der Waals surface area contributed by atoms with E-state index >= 15 is 0 Å². The van der Waals surface area contributed by atoms with Gasteiger partial charge in [-0.05, 0) is 17.7 Å². The van der Waals surface area contributed by atoms with E-state index in [2.05, 4.69) is 0 Å². The Morgan fingerprint density at radius 3 is 2.52 bits per heavy atom. The van der Waals surface area contributed by atoms with E-state index in [1.807, 2.05) is 0 Å². The minimum absolute atomic E-state index is 0.0790. The van der Waals surface area contributed by atoms with Gasteiger partial charge in [-0.2, -0.15) is 0 Å². The molecule has 0 fully saturated rings. The van der Waals surface area contributed by atoms with Crippen LogP contribution >= 0.6 is 0 Å². The Morgan fingerprint density at radius 2 is 2.00 bits per heavy atom. The summed E-state index contributed by atoms with van der Waals surface area (Å²) in [6.07, 6.45) is 0. The van der Waals surface area contributed by atoms with Gasteiger partial charge in [0.2, 0.25) is 17.7 Å². The molecule has 2 aromatic rings. The van der Waals surface area contributed by atoms with Crippen molar-refractivity contribution in [3.63, 3.8) is 0 Å². The molecule has 122 valence electrons. The molecule has 1 aromatic carbocycles. The number of rotatable bonds is 6. The second kappa shape index (κ2) is 6.93. The van der Waals surface area contributed by atoms with Crippen LogP contribution in [-0.2, 0) is 6.61 Å². The lowest BCUT2D eigenvalue weighted by molar-refractivity contribution is -0.482. The molecule has 0 radical (unpaired) electrons. The number of aliphatic hydroxyl groups is 1. The lowest BCUT2D eigenvalue weighted by Crippen LogP contribution is -2.17. The molecule has 1 atom stereocenters. The predicted molar refractivity (Wildman–Crippen MR) is 79.3 cm³/mol. The van der Waals surface area contributed by atoms with Gasteiger partial charge in [0.25, 0.3) is 0 Å². The van der Waals surface area contributed by atoms with Gasteiger partial charge in [0.1, 0.15) is 24.0 Å². The molecule has 0 saturated heterocycles. The van der Waals surface area contributed by atoms with Crippen molar-refractivity contribution in [3.05, 3.63) is 67.8 Å². The Labute approximate surface area is 130 Å². The van der Waals surface area contributed by atoms with Gasteiger partial charge in [-0.25, -0.2) is 0 Å². The third-order valence-electron chi connectivity index (χ3n) is 3.32. The molecule has 0 aliphatic carbocycles. The molecule has 0 aliphatic heterocycles. The number of hydrogen-bond acceptors (Lipinski definition) is 7. The third kappa shape index (κ3) is 3.67. The van der Waals surface area contributed by atoms with E-state index in [0.717, 1.165) is 6.07 Å². The zero-order valence-corrected chi connectivity index (χ0v) is 12.3. The Bertz CT molecular complexity index is 751. The van der Waals surface area contributed by atoms with E-state index in [1.165, 1.54) is 7.11 Å². The van der Waals surface area contributed by atoms with Gasteiger partial charge in [-0.15, -0.1) is 0 Å². The van der Waals surface area contributed by atoms with Crippen LogP contribution in [0.3, 0.4) is 0 Å². The number of benzene rings is 1. The summed E-state index contributed by atoms with van der Waals surface area (Å²) >= 11 is 0. The molecule has 1 unspecified atom stereocenters. The van der Waals surface area contributed by atoms with E-state index in [4.69, 9.17) is 14.3 Å². The maximum Gasteiger partial charge on any atom is 0.227 e. The van der Waals surface area contributed by atoms with Crippen LogP contribution in [0.1, 0.15) is 23.0 Å². The lowest BCUT2D eigenvalue weighted by Gasteiger charge is -2.15. The van der Waals surface area contributed by atoms with Crippen LogP contribution in [0.25, 0.3) is 0 Å². The Kier molecular flexibility index (Phi) is 4.97. The summed E-state index contributed by atoms with van der Waals surface area (Å²) in [5, 5.41) is 30.0. The summed E-state index contributed by atoms with van der Waals surface area (Å²) in [7, 11) is 1.49. The van der Waals surface area contributed by atoms with Crippen molar-refractivity contribution in [2.75, 3.05) is 13.7 Å². The van der Waals surface area contributed by atoms with Crippen molar-refractivity contribution in [2.24, 2.45) is 0 Å². The molecule has 0 amide bonds.